The van der Waals surface area contributed by atoms with E-state index in [1.54, 1.807) is 0 Å². The molecule has 1 heterocycles. The van der Waals surface area contributed by atoms with E-state index in [1.807, 2.05) is 0 Å². The molecule has 7 heteroatoms. The molecule has 0 spiro atoms. The lowest BCUT2D eigenvalue weighted by Gasteiger charge is -2.01. The van der Waals surface area contributed by atoms with E-state index in [4.69, 9.17) is 14.3 Å². The van der Waals surface area contributed by atoms with E-state index in [-0.39, 0.29) is 17.0 Å². The Hall–Kier alpha value is -2.57. The second-order valence-corrected chi connectivity index (χ2v) is 3.61. The quantitative estimate of drug-likeness (QED) is 0.663. The van der Waals surface area contributed by atoms with Crippen LogP contribution in [-0.4, -0.2) is 23.1 Å². The molecule has 0 unspecified atom stereocenters. The fourth-order valence-corrected chi connectivity index (χ4v) is 1.82. The summed E-state index contributed by atoms with van der Waals surface area (Å²) in [5, 5.41) is 20.1. The predicted octanol–water partition coefficient (Wildman–Crippen LogP) is 2.36. The molecule has 94 valence electrons. The SMILES string of the molecule is COc1ccc([N+](=O)[O-])c2oc(C(=O)O)c(C)c12. The van der Waals surface area contributed by atoms with Crippen LogP contribution < -0.4 is 4.74 Å². The van der Waals surface area contributed by atoms with Crippen LogP contribution in [-0.2, 0) is 0 Å². The van der Waals surface area contributed by atoms with Crippen molar-refractivity contribution >= 4 is 22.6 Å². The van der Waals surface area contributed by atoms with Gasteiger partial charge in [-0.3, -0.25) is 10.1 Å². The van der Waals surface area contributed by atoms with Crippen molar-refractivity contribution in [3.63, 3.8) is 0 Å². The van der Waals surface area contributed by atoms with Gasteiger partial charge in [-0.05, 0) is 13.0 Å². The third kappa shape index (κ3) is 1.56. The average molecular weight is 251 g/mol. The van der Waals surface area contributed by atoms with Gasteiger partial charge in [0, 0.05) is 11.6 Å². The number of benzene rings is 1. The standard InChI is InChI=1S/C11H9NO6/c1-5-8-7(17-2)4-3-6(12(15)16)10(8)18-9(5)11(13)14/h3-4H,1-2H3,(H,13,14). The van der Waals surface area contributed by atoms with Crippen molar-refractivity contribution in [2.75, 3.05) is 7.11 Å². The summed E-state index contributed by atoms with van der Waals surface area (Å²) in [5.74, 6) is -1.26. The summed E-state index contributed by atoms with van der Waals surface area (Å²) >= 11 is 0. The summed E-state index contributed by atoms with van der Waals surface area (Å²) in [7, 11) is 1.40. The molecule has 0 saturated heterocycles. The molecule has 18 heavy (non-hydrogen) atoms. The highest BCUT2D eigenvalue weighted by Crippen LogP contribution is 2.38. The van der Waals surface area contributed by atoms with Crippen LogP contribution in [0.5, 0.6) is 5.75 Å². The largest absolute Gasteiger partial charge is 0.496 e. The molecule has 1 aromatic heterocycles. The van der Waals surface area contributed by atoms with Gasteiger partial charge in [-0.15, -0.1) is 0 Å². The Kier molecular flexibility index (Phi) is 2.66. The van der Waals surface area contributed by atoms with E-state index in [2.05, 4.69) is 0 Å². The van der Waals surface area contributed by atoms with Crippen LogP contribution >= 0.6 is 0 Å². The molecule has 0 saturated carbocycles. The Balaban J connectivity index is 2.92. The van der Waals surface area contributed by atoms with E-state index < -0.39 is 10.9 Å². The smallest absolute Gasteiger partial charge is 0.372 e. The second kappa shape index (κ2) is 4.02. The van der Waals surface area contributed by atoms with E-state index in [0.717, 1.165) is 0 Å². The van der Waals surface area contributed by atoms with Crippen LogP contribution in [0.1, 0.15) is 16.1 Å². The highest BCUT2D eigenvalue weighted by Gasteiger charge is 2.26. The number of ether oxygens (including phenoxy) is 1. The fourth-order valence-electron chi connectivity index (χ4n) is 1.82. The van der Waals surface area contributed by atoms with Gasteiger partial charge in [0.25, 0.3) is 0 Å². The molecule has 0 fully saturated rings. The summed E-state index contributed by atoms with van der Waals surface area (Å²) in [6.45, 7) is 1.52. The predicted molar refractivity (Wildman–Crippen MR) is 61.1 cm³/mol. The van der Waals surface area contributed by atoms with Gasteiger partial charge >= 0.3 is 11.7 Å². The number of methoxy groups -OCH3 is 1. The molecule has 0 amide bonds. The Morgan fingerprint density at radius 1 is 1.50 bits per heavy atom. The van der Waals surface area contributed by atoms with Gasteiger partial charge in [0.05, 0.1) is 17.4 Å². The molecule has 2 aromatic rings. The second-order valence-electron chi connectivity index (χ2n) is 3.61. The number of carboxylic acid groups (broad SMARTS) is 1. The van der Waals surface area contributed by atoms with Crippen LogP contribution in [0.25, 0.3) is 11.0 Å². The van der Waals surface area contributed by atoms with E-state index in [0.29, 0.717) is 16.7 Å². The van der Waals surface area contributed by atoms with Crippen molar-refractivity contribution in [1.29, 1.82) is 0 Å². The van der Waals surface area contributed by atoms with Gasteiger partial charge in [0.2, 0.25) is 11.3 Å². The lowest BCUT2D eigenvalue weighted by Crippen LogP contribution is -1.95. The van der Waals surface area contributed by atoms with Gasteiger partial charge in [0.1, 0.15) is 5.75 Å². The third-order valence-electron chi connectivity index (χ3n) is 2.63. The summed E-state index contributed by atoms with van der Waals surface area (Å²) in [5.41, 5.74) is -0.0753. The number of rotatable bonds is 3. The average Bonchev–Trinajstić information content (AvgIpc) is 2.66. The number of nitrogens with zero attached hydrogens (tertiary/aromatic N) is 1. The maximum atomic E-state index is 11.0. The number of fused-ring (bicyclic) bond motifs is 1. The zero-order valence-corrected chi connectivity index (χ0v) is 9.59. The first-order chi connectivity index (χ1) is 8.47. The first kappa shape index (κ1) is 11.9. The zero-order chi connectivity index (χ0) is 13.4. The molecule has 0 aliphatic rings. The highest BCUT2D eigenvalue weighted by molar-refractivity contribution is 6.00. The molecule has 0 aliphatic carbocycles. The van der Waals surface area contributed by atoms with Crippen LogP contribution in [0, 0.1) is 17.0 Å². The zero-order valence-electron chi connectivity index (χ0n) is 9.59. The Labute approximate surface area is 101 Å². The molecule has 0 aliphatic heterocycles. The van der Waals surface area contributed by atoms with Crippen molar-refractivity contribution < 1.29 is 24.0 Å². The lowest BCUT2D eigenvalue weighted by atomic mass is 10.1. The summed E-state index contributed by atoms with van der Waals surface area (Å²) in [6, 6.07) is 2.63. The number of nitro benzene ring substituents is 1. The molecule has 0 atom stereocenters. The number of aromatic carboxylic acids is 1. The van der Waals surface area contributed by atoms with Gasteiger partial charge in [0.15, 0.2) is 0 Å². The topological polar surface area (TPSA) is 103 Å². The molecule has 7 nitrogen and oxygen atoms in total. The first-order valence-electron chi connectivity index (χ1n) is 4.95. The normalized spacial score (nSPS) is 10.6. The van der Waals surface area contributed by atoms with E-state index in [9.17, 15) is 14.9 Å². The highest BCUT2D eigenvalue weighted by atomic mass is 16.6. The maximum absolute atomic E-state index is 11.0. The Morgan fingerprint density at radius 2 is 2.17 bits per heavy atom. The summed E-state index contributed by atoms with van der Waals surface area (Å²) in [6.07, 6.45) is 0. The molecule has 1 aromatic carbocycles. The number of carbonyl (C=O) groups is 1. The summed E-state index contributed by atoms with van der Waals surface area (Å²) in [4.78, 5) is 21.2. The van der Waals surface area contributed by atoms with Gasteiger partial charge < -0.3 is 14.3 Å². The van der Waals surface area contributed by atoms with Crippen LogP contribution in [0.4, 0.5) is 5.69 Å². The number of furan rings is 1. The van der Waals surface area contributed by atoms with Crippen molar-refractivity contribution in [2.45, 2.75) is 6.92 Å². The molecular formula is C11H9NO6. The van der Waals surface area contributed by atoms with Gasteiger partial charge in [-0.25, -0.2) is 4.79 Å². The third-order valence-corrected chi connectivity index (χ3v) is 2.63. The number of non-ortho nitro benzene ring substituents is 1. The number of carboxylic acids is 1. The molecular weight excluding hydrogens is 242 g/mol. The lowest BCUT2D eigenvalue weighted by molar-refractivity contribution is -0.383. The number of nitro groups is 1. The molecule has 0 bridgehead atoms. The number of hydrogen-bond acceptors (Lipinski definition) is 5. The Bertz CT molecular complexity index is 657. The molecule has 1 N–H and O–H groups in total. The first-order valence-corrected chi connectivity index (χ1v) is 4.95. The maximum Gasteiger partial charge on any atom is 0.372 e. The van der Waals surface area contributed by atoms with E-state index >= 15 is 0 Å². The van der Waals surface area contributed by atoms with Crippen molar-refractivity contribution in [2.24, 2.45) is 0 Å². The van der Waals surface area contributed by atoms with Crippen LogP contribution in [0.3, 0.4) is 0 Å². The van der Waals surface area contributed by atoms with Gasteiger partial charge in [-0.1, -0.05) is 0 Å². The van der Waals surface area contributed by atoms with Crippen molar-refractivity contribution in [3.8, 4) is 5.75 Å². The van der Waals surface area contributed by atoms with E-state index in [1.165, 1.54) is 26.2 Å². The Morgan fingerprint density at radius 3 is 2.67 bits per heavy atom. The van der Waals surface area contributed by atoms with Crippen LogP contribution in [0.15, 0.2) is 16.5 Å². The molecule has 0 radical (unpaired) electrons. The number of aryl methyl sites for hydroxylation is 1. The minimum absolute atomic E-state index is 0.0887. The molecule has 2 rings (SSSR count). The monoisotopic (exact) mass is 251 g/mol. The van der Waals surface area contributed by atoms with Gasteiger partial charge in [-0.2, -0.15) is 0 Å². The van der Waals surface area contributed by atoms with Crippen molar-refractivity contribution in [1.82, 2.24) is 0 Å². The van der Waals surface area contributed by atoms with Crippen LogP contribution in [0.2, 0.25) is 0 Å². The van der Waals surface area contributed by atoms with Crippen molar-refractivity contribution in [3.05, 3.63) is 33.6 Å². The fraction of sp³-hybridized carbons (Fsp3) is 0.182. The minimum Gasteiger partial charge on any atom is -0.496 e. The minimum atomic E-state index is -1.28. The number of hydrogen-bond donors (Lipinski definition) is 1. The summed E-state index contributed by atoms with van der Waals surface area (Å²) < 4.78 is 10.1.